The molecule has 0 amide bonds. The van der Waals surface area contributed by atoms with E-state index in [1.807, 2.05) is 64.1 Å². The van der Waals surface area contributed by atoms with Crippen molar-refractivity contribution < 1.29 is 9.90 Å². The van der Waals surface area contributed by atoms with Crippen molar-refractivity contribution in [1.82, 2.24) is 5.32 Å². The second kappa shape index (κ2) is 8.41. The predicted octanol–water partition coefficient (Wildman–Crippen LogP) is 4.20. The third-order valence-corrected chi connectivity index (χ3v) is 4.99. The summed E-state index contributed by atoms with van der Waals surface area (Å²) in [5, 5.41) is 13.8. The second-order valence-electron chi connectivity index (χ2n) is 7.00. The number of carbonyl (C=O) groups excluding carboxylic acids is 1. The van der Waals surface area contributed by atoms with Crippen molar-refractivity contribution in [2.24, 2.45) is 0 Å². The van der Waals surface area contributed by atoms with Crippen LogP contribution in [-0.4, -0.2) is 23.5 Å². The van der Waals surface area contributed by atoms with E-state index < -0.39 is 6.10 Å². The van der Waals surface area contributed by atoms with Gasteiger partial charge in [-0.1, -0.05) is 30.3 Å². The van der Waals surface area contributed by atoms with Gasteiger partial charge in [-0.2, -0.15) is 0 Å². The van der Waals surface area contributed by atoms with Gasteiger partial charge in [0.2, 0.25) is 0 Å². The van der Waals surface area contributed by atoms with Gasteiger partial charge in [-0.25, -0.2) is 0 Å². The molecule has 0 saturated carbocycles. The molecule has 0 bridgehead atoms. The van der Waals surface area contributed by atoms with Crippen molar-refractivity contribution in [2.75, 3.05) is 6.54 Å². The van der Waals surface area contributed by atoms with Crippen LogP contribution < -0.4 is 5.32 Å². The first-order valence-corrected chi connectivity index (χ1v) is 8.88. The number of carbonyl (C=O) groups is 1. The Morgan fingerprint density at radius 1 is 0.960 bits per heavy atom. The van der Waals surface area contributed by atoms with E-state index in [1.54, 1.807) is 0 Å². The molecule has 0 radical (unpaired) electrons. The van der Waals surface area contributed by atoms with Gasteiger partial charge in [0, 0.05) is 24.6 Å². The van der Waals surface area contributed by atoms with E-state index in [1.165, 1.54) is 16.7 Å². The molecule has 25 heavy (non-hydrogen) atoms. The number of aliphatic hydroxyl groups excluding tert-OH is 1. The Labute approximate surface area is 151 Å². The van der Waals surface area contributed by atoms with Gasteiger partial charge in [-0.3, -0.25) is 4.79 Å². The van der Waals surface area contributed by atoms with Gasteiger partial charge < -0.3 is 10.4 Å². The van der Waals surface area contributed by atoms with Crippen molar-refractivity contribution in [3.8, 4) is 0 Å². The fourth-order valence-electron chi connectivity index (χ4n) is 2.82. The molecule has 2 unspecified atom stereocenters. The molecule has 2 rings (SSSR count). The van der Waals surface area contributed by atoms with Crippen molar-refractivity contribution in [3.63, 3.8) is 0 Å². The highest BCUT2D eigenvalue weighted by molar-refractivity contribution is 5.96. The third-order valence-electron chi connectivity index (χ3n) is 4.99. The van der Waals surface area contributed by atoms with Crippen LogP contribution in [0.15, 0.2) is 36.4 Å². The number of hydrogen-bond donors (Lipinski definition) is 2. The average Bonchev–Trinajstić information content (AvgIpc) is 2.58. The minimum Gasteiger partial charge on any atom is -0.387 e. The highest BCUT2D eigenvalue weighted by Crippen LogP contribution is 2.20. The van der Waals surface area contributed by atoms with Gasteiger partial charge >= 0.3 is 0 Å². The topological polar surface area (TPSA) is 49.3 Å². The predicted molar refractivity (Wildman–Crippen MR) is 103 cm³/mol. The number of benzene rings is 2. The first-order chi connectivity index (χ1) is 11.8. The Balaban J connectivity index is 1.88. The fraction of sp³-hybridized carbons (Fsp3) is 0.409. The van der Waals surface area contributed by atoms with Crippen LogP contribution in [0.4, 0.5) is 0 Å². The lowest BCUT2D eigenvalue weighted by atomic mass is 9.98. The van der Waals surface area contributed by atoms with Gasteiger partial charge in [-0.15, -0.1) is 0 Å². The normalized spacial score (nSPS) is 13.5. The standard InChI is InChI=1S/C22H29NO2/c1-14-6-8-19(12-16(14)3)21(24)10-11-23-18(5)22(25)20-9-7-15(2)17(4)13-20/h6-9,12-13,18,22-23,25H,10-11H2,1-5H3. The van der Waals surface area contributed by atoms with Crippen molar-refractivity contribution in [2.45, 2.75) is 53.2 Å². The maximum Gasteiger partial charge on any atom is 0.164 e. The molecule has 2 N–H and O–H groups in total. The van der Waals surface area contributed by atoms with E-state index in [2.05, 4.69) is 12.2 Å². The van der Waals surface area contributed by atoms with Crippen LogP contribution in [-0.2, 0) is 0 Å². The lowest BCUT2D eigenvalue weighted by Crippen LogP contribution is -2.33. The SMILES string of the molecule is Cc1ccc(C(=O)CCNC(C)C(O)c2ccc(C)c(C)c2)cc1C. The van der Waals surface area contributed by atoms with Crippen molar-refractivity contribution in [3.05, 3.63) is 69.8 Å². The van der Waals surface area contributed by atoms with E-state index >= 15 is 0 Å². The minimum atomic E-state index is -0.587. The van der Waals surface area contributed by atoms with E-state index in [9.17, 15) is 9.90 Å². The molecule has 0 aromatic heterocycles. The number of nitrogens with one attached hydrogen (secondary N) is 1. The molecule has 0 heterocycles. The van der Waals surface area contributed by atoms with Crippen molar-refractivity contribution in [1.29, 1.82) is 0 Å². The molecule has 0 aliphatic heterocycles. The Morgan fingerprint density at radius 2 is 1.56 bits per heavy atom. The molecular weight excluding hydrogens is 310 g/mol. The third kappa shape index (κ3) is 5.00. The Hall–Kier alpha value is -1.97. The van der Waals surface area contributed by atoms with Crippen LogP contribution >= 0.6 is 0 Å². The molecule has 3 nitrogen and oxygen atoms in total. The molecule has 0 spiro atoms. The summed E-state index contributed by atoms with van der Waals surface area (Å²) in [4.78, 5) is 12.3. The number of aryl methyl sites for hydroxylation is 4. The highest BCUT2D eigenvalue weighted by Gasteiger charge is 2.17. The van der Waals surface area contributed by atoms with Gasteiger partial charge in [-0.05, 0) is 68.5 Å². The summed E-state index contributed by atoms with van der Waals surface area (Å²) in [7, 11) is 0. The van der Waals surface area contributed by atoms with E-state index in [0.717, 1.165) is 16.7 Å². The van der Waals surface area contributed by atoms with Crippen LogP contribution in [0, 0.1) is 27.7 Å². The number of Topliss-reactive ketones (excluding diaryl/α,β-unsaturated/α-hetero) is 1. The minimum absolute atomic E-state index is 0.116. The number of hydrogen-bond acceptors (Lipinski definition) is 3. The van der Waals surface area contributed by atoms with Crippen LogP contribution in [0.5, 0.6) is 0 Å². The summed E-state index contributed by atoms with van der Waals surface area (Å²) in [5.41, 5.74) is 6.39. The quantitative estimate of drug-likeness (QED) is 0.743. The van der Waals surface area contributed by atoms with Crippen LogP contribution in [0.3, 0.4) is 0 Å². The zero-order valence-corrected chi connectivity index (χ0v) is 15.9. The molecule has 0 aliphatic carbocycles. The molecule has 0 saturated heterocycles. The molecule has 0 aliphatic rings. The largest absolute Gasteiger partial charge is 0.387 e. The first-order valence-electron chi connectivity index (χ1n) is 8.88. The summed E-state index contributed by atoms with van der Waals surface area (Å²) in [6.07, 6.45) is -0.164. The second-order valence-corrected chi connectivity index (χ2v) is 7.00. The fourth-order valence-corrected chi connectivity index (χ4v) is 2.82. The van der Waals surface area contributed by atoms with Gasteiger partial charge in [0.1, 0.15) is 0 Å². The monoisotopic (exact) mass is 339 g/mol. The maximum absolute atomic E-state index is 12.3. The summed E-state index contributed by atoms with van der Waals surface area (Å²) in [5.74, 6) is 0.128. The zero-order chi connectivity index (χ0) is 18.6. The molecule has 134 valence electrons. The van der Waals surface area contributed by atoms with E-state index in [-0.39, 0.29) is 11.8 Å². The van der Waals surface area contributed by atoms with Crippen LogP contribution in [0.2, 0.25) is 0 Å². The summed E-state index contributed by atoms with van der Waals surface area (Å²) in [6.45, 7) is 10.7. The van der Waals surface area contributed by atoms with Crippen LogP contribution in [0.25, 0.3) is 0 Å². The molecule has 2 atom stereocenters. The molecule has 2 aromatic carbocycles. The smallest absolute Gasteiger partial charge is 0.164 e. The van der Waals surface area contributed by atoms with Crippen LogP contribution in [0.1, 0.15) is 57.6 Å². The lowest BCUT2D eigenvalue weighted by Gasteiger charge is -2.21. The maximum atomic E-state index is 12.3. The Bertz CT molecular complexity index is 752. The van der Waals surface area contributed by atoms with Gasteiger partial charge in [0.25, 0.3) is 0 Å². The highest BCUT2D eigenvalue weighted by atomic mass is 16.3. The number of aliphatic hydroxyl groups is 1. The van der Waals surface area contributed by atoms with E-state index in [0.29, 0.717) is 13.0 Å². The lowest BCUT2D eigenvalue weighted by molar-refractivity contribution is 0.0972. The zero-order valence-electron chi connectivity index (χ0n) is 15.9. The summed E-state index contributed by atoms with van der Waals surface area (Å²) < 4.78 is 0. The van der Waals surface area contributed by atoms with Crippen molar-refractivity contribution >= 4 is 5.78 Å². The average molecular weight is 339 g/mol. The van der Waals surface area contributed by atoms with Gasteiger partial charge in [0.15, 0.2) is 5.78 Å². The first kappa shape index (κ1) is 19.4. The Kier molecular flexibility index (Phi) is 6.51. The molecule has 3 heteroatoms. The molecule has 0 fully saturated rings. The summed E-state index contributed by atoms with van der Waals surface area (Å²) >= 11 is 0. The van der Waals surface area contributed by atoms with Gasteiger partial charge in [0.05, 0.1) is 6.10 Å². The number of ketones is 1. The number of rotatable bonds is 7. The van der Waals surface area contributed by atoms with E-state index in [4.69, 9.17) is 0 Å². The summed E-state index contributed by atoms with van der Waals surface area (Å²) in [6, 6.07) is 11.7. The molecule has 2 aromatic rings. The molecular formula is C22H29NO2. The Morgan fingerprint density at radius 3 is 2.16 bits per heavy atom.